The fourth-order valence-electron chi connectivity index (χ4n) is 2.29. The highest BCUT2D eigenvalue weighted by molar-refractivity contribution is 5.66. The summed E-state index contributed by atoms with van der Waals surface area (Å²) >= 11 is 0. The molecule has 2 rings (SSSR count). The van der Waals surface area contributed by atoms with Gasteiger partial charge in [0.05, 0.1) is 20.3 Å². The zero-order chi connectivity index (χ0) is 15.8. The molecule has 0 aliphatic carbocycles. The minimum atomic E-state index is -0.513. The molecule has 122 valence electrons. The first kappa shape index (κ1) is 16.7. The number of carbonyl (C=O) groups excluding carboxylic acids is 1. The van der Waals surface area contributed by atoms with E-state index in [1.807, 2.05) is 0 Å². The second-order valence-corrected chi connectivity index (χ2v) is 4.88. The molecule has 1 amide bonds. The fraction of sp³-hybridized carbons (Fsp3) is 0.533. The average Bonchev–Trinajstić information content (AvgIpc) is 2.55. The Morgan fingerprint density at radius 2 is 2.45 bits per heavy atom. The maximum atomic E-state index is 13.4. The van der Waals surface area contributed by atoms with Crippen LogP contribution in [0.25, 0.3) is 0 Å². The van der Waals surface area contributed by atoms with Gasteiger partial charge in [0.25, 0.3) is 0 Å². The highest BCUT2D eigenvalue weighted by Gasteiger charge is 2.27. The van der Waals surface area contributed by atoms with Gasteiger partial charge in [-0.05, 0) is 17.7 Å². The van der Waals surface area contributed by atoms with Crippen molar-refractivity contribution in [1.82, 2.24) is 10.6 Å². The van der Waals surface area contributed by atoms with E-state index in [-0.39, 0.29) is 18.5 Å². The maximum Gasteiger partial charge on any atom is 0.406 e. The molecule has 1 aliphatic rings. The maximum absolute atomic E-state index is 13.4. The molecular weight excluding hydrogens is 291 g/mol. The van der Waals surface area contributed by atoms with Crippen LogP contribution in [-0.4, -0.2) is 52.2 Å². The van der Waals surface area contributed by atoms with Gasteiger partial charge in [-0.3, -0.25) is 0 Å². The van der Waals surface area contributed by atoms with Crippen LogP contribution in [0.1, 0.15) is 11.7 Å². The summed E-state index contributed by atoms with van der Waals surface area (Å²) in [4.78, 5) is 11.0. The number of hydrogen-bond acceptors (Lipinski definition) is 5. The lowest BCUT2D eigenvalue weighted by Gasteiger charge is -2.31. The van der Waals surface area contributed by atoms with E-state index < -0.39 is 12.2 Å². The van der Waals surface area contributed by atoms with Crippen molar-refractivity contribution in [3.8, 4) is 0 Å². The first-order chi connectivity index (χ1) is 10.7. The molecule has 22 heavy (non-hydrogen) atoms. The molecule has 0 saturated carbocycles. The number of alkyl carbamates (subject to hydrolysis) is 1. The van der Waals surface area contributed by atoms with E-state index >= 15 is 0 Å². The minimum absolute atomic E-state index is 0.200. The highest BCUT2D eigenvalue weighted by atomic mass is 19.1. The van der Waals surface area contributed by atoms with Gasteiger partial charge in [-0.15, -0.1) is 0 Å². The van der Waals surface area contributed by atoms with Gasteiger partial charge >= 0.3 is 6.09 Å². The summed E-state index contributed by atoms with van der Waals surface area (Å²) in [5.41, 5.74) is 0.715. The third kappa shape index (κ3) is 4.94. The Labute approximate surface area is 128 Å². The van der Waals surface area contributed by atoms with Crippen molar-refractivity contribution in [2.45, 2.75) is 12.2 Å². The Hall–Kier alpha value is -1.70. The molecule has 7 heteroatoms. The number of carbonyl (C=O) groups is 1. The standard InChI is InChI=1S/C15H21FN2O4/c1-20-15(19)18-6-8-22-14(13-10-17-5-7-21-13)11-3-2-4-12(16)9-11/h2-4,9,13-14,17H,5-8,10H2,1H3,(H,18,19). The van der Waals surface area contributed by atoms with Gasteiger partial charge in [0.15, 0.2) is 0 Å². The number of morpholine rings is 1. The molecule has 0 radical (unpaired) electrons. The number of amides is 1. The predicted molar refractivity (Wildman–Crippen MR) is 78.1 cm³/mol. The monoisotopic (exact) mass is 312 g/mol. The Morgan fingerprint density at radius 3 is 3.14 bits per heavy atom. The number of rotatable bonds is 6. The number of benzene rings is 1. The van der Waals surface area contributed by atoms with E-state index in [9.17, 15) is 9.18 Å². The third-order valence-electron chi connectivity index (χ3n) is 3.33. The van der Waals surface area contributed by atoms with Crippen molar-refractivity contribution >= 4 is 6.09 Å². The molecule has 1 aliphatic heterocycles. The highest BCUT2D eigenvalue weighted by Crippen LogP contribution is 2.25. The first-order valence-corrected chi connectivity index (χ1v) is 7.22. The van der Waals surface area contributed by atoms with Gasteiger partial charge in [0, 0.05) is 19.6 Å². The SMILES string of the molecule is COC(=O)NCCOC(c1cccc(F)c1)C1CNCCO1. The predicted octanol–water partition coefficient (Wildman–Crippen LogP) is 1.23. The van der Waals surface area contributed by atoms with Crippen LogP contribution in [0.2, 0.25) is 0 Å². The molecular formula is C15H21FN2O4. The number of halogens is 1. The number of nitrogens with one attached hydrogen (secondary N) is 2. The van der Waals surface area contributed by atoms with Gasteiger partial charge in [-0.1, -0.05) is 12.1 Å². The molecule has 0 aromatic heterocycles. The Bertz CT molecular complexity index is 480. The van der Waals surface area contributed by atoms with Crippen LogP contribution in [0.3, 0.4) is 0 Å². The van der Waals surface area contributed by atoms with E-state index in [2.05, 4.69) is 15.4 Å². The first-order valence-electron chi connectivity index (χ1n) is 7.22. The summed E-state index contributed by atoms with van der Waals surface area (Å²) in [6.07, 6.45) is -1.11. The summed E-state index contributed by atoms with van der Waals surface area (Å²) in [7, 11) is 1.30. The van der Waals surface area contributed by atoms with Gasteiger partial charge in [0.1, 0.15) is 18.0 Å². The second kappa shape index (κ2) is 8.67. The minimum Gasteiger partial charge on any atom is -0.453 e. The summed E-state index contributed by atoms with van der Waals surface area (Å²) in [5.74, 6) is -0.317. The lowest BCUT2D eigenvalue weighted by molar-refractivity contribution is -0.0853. The Kier molecular flexibility index (Phi) is 6.57. The molecule has 1 aromatic rings. The van der Waals surface area contributed by atoms with Crippen LogP contribution in [0.5, 0.6) is 0 Å². The smallest absolute Gasteiger partial charge is 0.406 e. The van der Waals surface area contributed by atoms with Crippen LogP contribution >= 0.6 is 0 Å². The molecule has 1 saturated heterocycles. The Balaban J connectivity index is 1.97. The zero-order valence-corrected chi connectivity index (χ0v) is 12.5. The normalized spacial score (nSPS) is 19.5. The van der Waals surface area contributed by atoms with E-state index in [1.165, 1.54) is 19.2 Å². The molecule has 1 fully saturated rings. The van der Waals surface area contributed by atoms with Gasteiger partial charge in [-0.25, -0.2) is 9.18 Å². The molecule has 6 nitrogen and oxygen atoms in total. The van der Waals surface area contributed by atoms with E-state index in [0.29, 0.717) is 25.3 Å². The number of methoxy groups -OCH3 is 1. The van der Waals surface area contributed by atoms with Crippen molar-refractivity contribution in [1.29, 1.82) is 0 Å². The second-order valence-electron chi connectivity index (χ2n) is 4.88. The number of ether oxygens (including phenoxy) is 3. The molecule has 1 aromatic carbocycles. The summed E-state index contributed by atoms with van der Waals surface area (Å²) in [6.45, 7) is 2.58. The van der Waals surface area contributed by atoms with Crippen LogP contribution in [0.15, 0.2) is 24.3 Å². The van der Waals surface area contributed by atoms with Crippen molar-refractivity contribution in [2.75, 3.05) is 40.0 Å². The fourth-order valence-corrected chi connectivity index (χ4v) is 2.29. The summed E-state index contributed by atoms with van der Waals surface area (Å²) in [5, 5.41) is 5.77. The Morgan fingerprint density at radius 1 is 1.59 bits per heavy atom. The van der Waals surface area contributed by atoms with E-state index in [0.717, 1.165) is 6.54 Å². The van der Waals surface area contributed by atoms with Crippen LogP contribution < -0.4 is 10.6 Å². The zero-order valence-electron chi connectivity index (χ0n) is 12.5. The van der Waals surface area contributed by atoms with Crippen molar-refractivity contribution in [3.63, 3.8) is 0 Å². The summed E-state index contributed by atoms with van der Waals surface area (Å²) in [6, 6.07) is 6.28. The molecule has 2 N–H and O–H groups in total. The van der Waals surface area contributed by atoms with E-state index in [4.69, 9.17) is 9.47 Å². The van der Waals surface area contributed by atoms with Crippen molar-refractivity contribution in [3.05, 3.63) is 35.6 Å². The molecule has 0 bridgehead atoms. The van der Waals surface area contributed by atoms with Crippen LogP contribution in [0, 0.1) is 5.82 Å². The van der Waals surface area contributed by atoms with Crippen molar-refractivity contribution < 1.29 is 23.4 Å². The topological polar surface area (TPSA) is 68.8 Å². The van der Waals surface area contributed by atoms with Gasteiger partial charge in [0.2, 0.25) is 0 Å². The third-order valence-corrected chi connectivity index (χ3v) is 3.33. The lowest BCUT2D eigenvalue weighted by atomic mass is 10.0. The van der Waals surface area contributed by atoms with Crippen LogP contribution in [-0.2, 0) is 14.2 Å². The molecule has 2 unspecified atom stereocenters. The molecule has 1 heterocycles. The van der Waals surface area contributed by atoms with Crippen LogP contribution in [0.4, 0.5) is 9.18 Å². The van der Waals surface area contributed by atoms with Crippen molar-refractivity contribution in [2.24, 2.45) is 0 Å². The van der Waals surface area contributed by atoms with Gasteiger partial charge in [-0.2, -0.15) is 0 Å². The summed E-state index contributed by atoms with van der Waals surface area (Å²) < 4.78 is 29.5. The molecule has 0 spiro atoms. The molecule has 2 atom stereocenters. The average molecular weight is 312 g/mol. The number of hydrogen-bond donors (Lipinski definition) is 2. The van der Waals surface area contributed by atoms with E-state index in [1.54, 1.807) is 12.1 Å². The van der Waals surface area contributed by atoms with Gasteiger partial charge < -0.3 is 24.8 Å². The quantitative estimate of drug-likeness (QED) is 0.773. The largest absolute Gasteiger partial charge is 0.453 e. The lowest BCUT2D eigenvalue weighted by Crippen LogP contribution is -2.43.